The molecule has 0 spiro atoms. The monoisotopic (exact) mass is 643 g/mol. The fourth-order valence-corrected chi connectivity index (χ4v) is 7.26. The van der Waals surface area contributed by atoms with E-state index < -0.39 is 58.7 Å². The summed E-state index contributed by atoms with van der Waals surface area (Å²) in [7, 11) is 0. The number of phenols is 1. The topological polar surface area (TPSA) is 66.8 Å². The molecule has 1 aliphatic carbocycles. The van der Waals surface area contributed by atoms with Crippen molar-refractivity contribution in [2.75, 3.05) is 11.5 Å². The number of halogens is 6. The van der Waals surface area contributed by atoms with E-state index in [1.165, 1.54) is 0 Å². The third kappa shape index (κ3) is 5.59. The molecule has 0 aromatic heterocycles. The lowest BCUT2D eigenvalue weighted by molar-refractivity contribution is -0.143. The van der Waals surface area contributed by atoms with E-state index in [0.29, 0.717) is 36.3 Å². The number of carbonyl (C=O) groups excluding carboxylic acids is 2. The van der Waals surface area contributed by atoms with E-state index in [9.17, 15) is 41.0 Å². The lowest BCUT2D eigenvalue weighted by Crippen LogP contribution is -2.34. The number of imide groups is 1. The van der Waals surface area contributed by atoms with Crippen molar-refractivity contribution in [2.45, 2.75) is 58.0 Å². The molecular weight excluding hydrogens is 612 g/mol. The predicted octanol–water partition coefficient (Wildman–Crippen LogP) is 8.70. The molecule has 242 valence electrons. The SMILES string of the molecule is CCC1=C2[C@@H](CC/C(C)=C/c3ccc(O)c4ccccc34)OC[C@@H]2[C@@H]2C(=O)N(c3cc(C(F)(F)F)cc(C(F)(F)F)c3)C(=O)[C@@H]2C1. The Hall–Kier alpha value is -4.12. The zero-order valence-corrected chi connectivity index (χ0v) is 25.0. The number of fused-ring (bicyclic) bond motifs is 4. The van der Waals surface area contributed by atoms with Crippen molar-refractivity contribution in [1.82, 2.24) is 0 Å². The first-order valence-electron chi connectivity index (χ1n) is 15.1. The van der Waals surface area contributed by atoms with Gasteiger partial charge in [0, 0.05) is 11.3 Å². The summed E-state index contributed by atoms with van der Waals surface area (Å²) in [5.41, 5.74) is -0.0635. The standard InChI is InChI=1S/C35H31F6NO4/c1-3-19-13-26-31(33(45)42(32(26)44)23-15-21(34(36,37)38)14-22(16-23)35(39,40)41)27-17-46-29(30(19)27)11-8-18(2)12-20-9-10-28(43)25-7-5-4-6-24(20)25/h4-7,9-10,12,14-16,26-27,29,31,43H,3,8,11,13,17H2,1-2H3/b18-12+/t26-,27+,29-,31-/m1/s1. The third-order valence-electron chi connectivity index (χ3n) is 9.40. The lowest BCUT2D eigenvalue weighted by atomic mass is 9.69. The maximum Gasteiger partial charge on any atom is 0.416 e. The minimum atomic E-state index is -5.12. The highest BCUT2D eigenvalue weighted by molar-refractivity contribution is 6.22. The summed E-state index contributed by atoms with van der Waals surface area (Å²) in [5, 5.41) is 11.9. The van der Waals surface area contributed by atoms with Crippen LogP contribution in [0.25, 0.3) is 16.8 Å². The first-order chi connectivity index (χ1) is 21.7. The number of carbonyl (C=O) groups is 2. The van der Waals surface area contributed by atoms with Gasteiger partial charge in [-0.2, -0.15) is 26.3 Å². The molecule has 3 aromatic carbocycles. The quantitative estimate of drug-likeness (QED) is 0.166. The van der Waals surface area contributed by atoms with Crippen LogP contribution < -0.4 is 4.90 Å². The second-order valence-electron chi connectivity index (χ2n) is 12.2. The van der Waals surface area contributed by atoms with Crippen molar-refractivity contribution >= 4 is 34.4 Å². The van der Waals surface area contributed by atoms with E-state index in [1.54, 1.807) is 6.07 Å². The van der Waals surface area contributed by atoms with Gasteiger partial charge in [0.25, 0.3) is 0 Å². The molecule has 4 atom stereocenters. The summed E-state index contributed by atoms with van der Waals surface area (Å²) in [5.74, 6) is -3.75. The highest BCUT2D eigenvalue weighted by atomic mass is 19.4. The highest BCUT2D eigenvalue weighted by Crippen LogP contribution is 2.52. The molecule has 6 rings (SSSR count). The molecule has 2 heterocycles. The number of anilines is 1. The Labute approximate surface area is 261 Å². The number of alkyl halides is 6. The second-order valence-corrected chi connectivity index (χ2v) is 12.2. The van der Waals surface area contributed by atoms with Crippen molar-refractivity contribution < 1.29 is 45.8 Å². The smallest absolute Gasteiger partial charge is 0.416 e. The van der Waals surface area contributed by atoms with Crippen LogP contribution in [0.3, 0.4) is 0 Å². The number of allylic oxidation sites excluding steroid dienone is 2. The molecule has 0 bridgehead atoms. The number of benzene rings is 3. The van der Waals surface area contributed by atoms with Crippen LogP contribution in [-0.4, -0.2) is 29.6 Å². The zero-order valence-electron chi connectivity index (χ0n) is 25.0. The Morgan fingerprint density at radius 2 is 1.59 bits per heavy atom. The van der Waals surface area contributed by atoms with Crippen molar-refractivity contribution in [1.29, 1.82) is 0 Å². The van der Waals surface area contributed by atoms with Crippen LogP contribution in [0.4, 0.5) is 32.0 Å². The molecule has 3 aromatic rings. The molecule has 0 radical (unpaired) electrons. The van der Waals surface area contributed by atoms with Gasteiger partial charge in [0.2, 0.25) is 11.8 Å². The summed E-state index contributed by atoms with van der Waals surface area (Å²) < 4.78 is 87.6. The van der Waals surface area contributed by atoms with Gasteiger partial charge in [-0.1, -0.05) is 54.5 Å². The predicted molar refractivity (Wildman–Crippen MR) is 160 cm³/mol. The van der Waals surface area contributed by atoms with Crippen LogP contribution in [-0.2, 0) is 26.7 Å². The Morgan fingerprint density at radius 1 is 0.935 bits per heavy atom. The maximum atomic E-state index is 13.8. The summed E-state index contributed by atoms with van der Waals surface area (Å²) in [6, 6.07) is 11.9. The highest BCUT2D eigenvalue weighted by Gasteiger charge is 2.57. The summed E-state index contributed by atoms with van der Waals surface area (Å²) >= 11 is 0. The fourth-order valence-electron chi connectivity index (χ4n) is 7.26. The van der Waals surface area contributed by atoms with Crippen LogP contribution in [0.1, 0.15) is 56.2 Å². The largest absolute Gasteiger partial charge is 0.507 e. The van der Waals surface area contributed by atoms with Crippen molar-refractivity contribution in [3.8, 4) is 5.75 Å². The Bertz CT molecular complexity index is 1760. The third-order valence-corrected chi connectivity index (χ3v) is 9.40. The molecule has 2 aliphatic heterocycles. The average molecular weight is 644 g/mol. The number of rotatable bonds is 6. The molecule has 11 heteroatoms. The van der Waals surface area contributed by atoms with Gasteiger partial charge in [0.05, 0.1) is 41.4 Å². The van der Waals surface area contributed by atoms with Crippen molar-refractivity contribution in [3.63, 3.8) is 0 Å². The lowest BCUT2D eigenvalue weighted by Gasteiger charge is -2.31. The molecule has 3 aliphatic rings. The molecule has 0 saturated carbocycles. The Morgan fingerprint density at radius 3 is 2.22 bits per heavy atom. The number of amides is 2. The first kappa shape index (κ1) is 31.8. The van der Waals surface area contributed by atoms with Crippen LogP contribution in [0.15, 0.2) is 71.3 Å². The number of aromatic hydroxyl groups is 1. The van der Waals surface area contributed by atoms with Crippen molar-refractivity contribution in [3.05, 3.63) is 88.0 Å². The van der Waals surface area contributed by atoms with E-state index in [2.05, 4.69) is 0 Å². The minimum Gasteiger partial charge on any atom is -0.507 e. The van der Waals surface area contributed by atoms with Gasteiger partial charge >= 0.3 is 12.4 Å². The van der Waals surface area contributed by atoms with E-state index in [1.807, 2.05) is 50.3 Å². The Balaban J connectivity index is 1.26. The first-order valence-corrected chi connectivity index (χ1v) is 15.1. The summed E-state index contributed by atoms with van der Waals surface area (Å²) in [6.07, 6.45) is -6.56. The summed E-state index contributed by atoms with van der Waals surface area (Å²) in [6.45, 7) is 4.03. The number of phenolic OH excluding ortho intramolecular Hbond substituents is 1. The average Bonchev–Trinajstić information content (AvgIpc) is 3.54. The molecule has 1 N–H and O–H groups in total. The minimum absolute atomic E-state index is 0.0214. The number of ether oxygens (including phenoxy) is 1. The number of hydrogen-bond donors (Lipinski definition) is 1. The van der Waals surface area contributed by atoms with Gasteiger partial charge < -0.3 is 9.84 Å². The second kappa shape index (κ2) is 11.6. The van der Waals surface area contributed by atoms with Gasteiger partial charge in [-0.3, -0.25) is 9.59 Å². The van der Waals surface area contributed by atoms with E-state index in [4.69, 9.17) is 4.74 Å². The van der Waals surface area contributed by atoms with E-state index in [0.717, 1.165) is 33.1 Å². The molecule has 2 saturated heterocycles. The van der Waals surface area contributed by atoms with Crippen LogP contribution in [0.5, 0.6) is 5.75 Å². The van der Waals surface area contributed by atoms with Crippen LogP contribution in [0, 0.1) is 17.8 Å². The maximum absolute atomic E-state index is 13.8. The molecule has 0 unspecified atom stereocenters. The fraction of sp³-hybridized carbons (Fsp3) is 0.371. The normalized spacial score (nSPS) is 23.8. The molecular formula is C35H31F6NO4. The van der Waals surface area contributed by atoms with Gasteiger partial charge in [-0.05, 0) is 73.4 Å². The molecule has 2 fully saturated rings. The van der Waals surface area contributed by atoms with Gasteiger partial charge in [-0.25, -0.2) is 4.90 Å². The molecule has 5 nitrogen and oxygen atoms in total. The van der Waals surface area contributed by atoms with Gasteiger partial charge in [-0.15, -0.1) is 0 Å². The van der Waals surface area contributed by atoms with Crippen LogP contribution >= 0.6 is 0 Å². The van der Waals surface area contributed by atoms with Gasteiger partial charge in [0.1, 0.15) is 5.75 Å². The van der Waals surface area contributed by atoms with Crippen LogP contribution in [0.2, 0.25) is 0 Å². The van der Waals surface area contributed by atoms with Gasteiger partial charge in [0.15, 0.2) is 0 Å². The zero-order chi connectivity index (χ0) is 33.1. The molecule has 2 amide bonds. The number of nitrogens with zero attached hydrogens (tertiary/aromatic N) is 1. The Kier molecular flexibility index (Phi) is 8.03. The van der Waals surface area contributed by atoms with Crippen molar-refractivity contribution in [2.24, 2.45) is 17.8 Å². The van der Waals surface area contributed by atoms with E-state index in [-0.39, 0.29) is 30.9 Å². The summed E-state index contributed by atoms with van der Waals surface area (Å²) in [4.78, 5) is 27.8. The molecule has 46 heavy (non-hydrogen) atoms. The van der Waals surface area contributed by atoms with E-state index >= 15 is 0 Å². The number of hydrogen-bond acceptors (Lipinski definition) is 4.